The topological polar surface area (TPSA) is 72.0 Å². The van der Waals surface area contributed by atoms with Gasteiger partial charge < -0.3 is 5.32 Å². The van der Waals surface area contributed by atoms with E-state index in [1.54, 1.807) is 0 Å². The standard InChI is InChI=1S/C9H11BrClN3O2S/c10-7-5-13-9(11)14-8(7)12-4-6-2-1-3-17(6,15)16/h5-6H,1-4H2,(H,12,13,14). The van der Waals surface area contributed by atoms with Gasteiger partial charge in [-0.05, 0) is 40.4 Å². The summed E-state index contributed by atoms with van der Waals surface area (Å²) in [5.41, 5.74) is 0. The van der Waals surface area contributed by atoms with Gasteiger partial charge in [0.15, 0.2) is 9.84 Å². The van der Waals surface area contributed by atoms with Gasteiger partial charge in [0.05, 0.1) is 15.5 Å². The fourth-order valence-electron chi connectivity index (χ4n) is 1.77. The minimum Gasteiger partial charge on any atom is -0.368 e. The van der Waals surface area contributed by atoms with Crippen molar-refractivity contribution in [2.45, 2.75) is 18.1 Å². The average molecular weight is 341 g/mol. The number of anilines is 1. The SMILES string of the molecule is O=S1(=O)CCCC1CNc1nc(Cl)ncc1Br. The Morgan fingerprint density at radius 1 is 1.59 bits per heavy atom. The Hall–Kier alpha value is -0.400. The van der Waals surface area contributed by atoms with Gasteiger partial charge in [0.2, 0.25) is 5.28 Å². The second-order valence-electron chi connectivity index (χ2n) is 3.85. The predicted molar refractivity (Wildman–Crippen MR) is 70.0 cm³/mol. The summed E-state index contributed by atoms with van der Waals surface area (Å²) < 4.78 is 23.9. The van der Waals surface area contributed by atoms with Crippen molar-refractivity contribution in [3.05, 3.63) is 16.0 Å². The third kappa shape index (κ3) is 3.08. The van der Waals surface area contributed by atoms with Crippen LogP contribution in [0.25, 0.3) is 0 Å². The molecule has 1 fully saturated rings. The van der Waals surface area contributed by atoms with Crippen LogP contribution in [0.1, 0.15) is 12.8 Å². The molecule has 1 aromatic heterocycles. The molecule has 94 valence electrons. The van der Waals surface area contributed by atoms with Gasteiger partial charge in [-0.15, -0.1) is 0 Å². The summed E-state index contributed by atoms with van der Waals surface area (Å²) in [6, 6.07) is 0. The van der Waals surface area contributed by atoms with Crippen LogP contribution in [0.5, 0.6) is 0 Å². The predicted octanol–water partition coefficient (Wildman–Crippen LogP) is 1.88. The van der Waals surface area contributed by atoms with Crippen molar-refractivity contribution in [1.29, 1.82) is 0 Å². The number of aromatic nitrogens is 2. The van der Waals surface area contributed by atoms with E-state index in [1.165, 1.54) is 6.20 Å². The van der Waals surface area contributed by atoms with Crippen molar-refractivity contribution in [2.75, 3.05) is 17.6 Å². The minimum atomic E-state index is -2.93. The van der Waals surface area contributed by atoms with E-state index in [2.05, 4.69) is 31.2 Å². The lowest BCUT2D eigenvalue weighted by Gasteiger charge is -2.12. The first-order chi connectivity index (χ1) is 7.99. The van der Waals surface area contributed by atoms with Crippen molar-refractivity contribution in [3.63, 3.8) is 0 Å². The first kappa shape index (κ1) is 13.0. The number of nitrogens with zero attached hydrogens (tertiary/aromatic N) is 2. The molecule has 0 spiro atoms. The second-order valence-corrected chi connectivity index (χ2v) is 7.44. The molecule has 1 saturated heterocycles. The third-order valence-corrected chi connectivity index (χ3v) is 5.71. The van der Waals surface area contributed by atoms with Gasteiger partial charge in [-0.1, -0.05) is 0 Å². The van der Waals surface area contributed by atoms with E-state index in [4.69, 9.17) is 11.6 Å². The van der Waals surface area contributed by atoms with Crippen LogP contribution in [-0.4, -0.2) is 35.9 Å². The Labute approximate surface area is 113 Å². The molecule has 8 heteroatoms. The molecule has 0 aliphatic carbocycles. The first-order valence-electron chi connectivity index (χ1n) is 5.12. The van der Waals surface area contributed by atoms with Gasteiger partial charge in [-0.25, -0.2) is 13.4 Å². The fourth-order valence-corrected chi connectivity index (χ4v) is 4.00. The van der Waals surface area contributed by atoms with Gasteiger partial charge >= 0.3 is 0 Å². The Kier molecular flexibility index (Phi) is 3.89. The van der Waals surface area contributed by atoms with Gasteiger partial charge in [0.25, 0.3) is 0 Å². The summed E-state index contributed by atoms with van der Waals surface area (Å²) in [5.74, 6) is 0.803. The molecule has 1 atom stereocenters. The van der Waals surface area contributed by atoms with E-state index < -0.39 is 9.84 Å². The van der Waals surface area contributed by atoms with Crippen LogP contribution >= 0.6 is 27.5 Å². The molecule has 1 aromatic rings. The summed E-state index contributed by atoms with van der Waals surface area (Å²) >= 11 is 8.94. The Bertz CT molecular complexity index is 523. The normalized spacial score (nSPS) is 22.6. The number of rotatable bonds is 3. The molecule has 0 bridgehead atoms. The van der Waals surface area contributed by atoms with Gasteiger partial charge in [0.1, 0.15) is 5.82 Å². The van der Waals surface area contributed by atoms with Crippen LogP contribution in [-0.2, 0) is 9.84 Å². The Morgan fingerprint density at radius 3 is 3.00 bits per heavy atom. The zero-order chi connectivity index (χ0) is 12.5. The van der Waals surface area contributed by atoms with Crippen LogP contribution in [0, 0.1) is 0 Å². The average Bonchev–Trinajstić information content (AvgIpc) is 2.59. The highest BCUT2D eigenvalue weighted by Gasteiger charge is 2.31. The second kappa shape index (κ2) is 5.07. The molecule has 2 heterocycles. The maximum atomic E-state index is 11.6. The molecular formula is C9H11BrClN3O2S. The highest BCUT2D eigenvalue weighted by molar-refractivity contribution is 9.10. The summed E-state index contributed by atoms with van der Waals surface area (Å²) in [4.78, 5) is 7.78. The summed E-state index contributed by atoms with van der Waals surface area (Å²) in [6.45, 7) is 0.355. The molecule has 1 aliphatic heterocycles. The summed E-state index contributed by atoms with van der Waals surface area (Å²) in [5, 5.41) is 2.79. The van der Waals surface area contributed by atoms with Crippen molar-refractivity contribution >= 4 is 43.2 Å². The number of halogens is 2. The highest BCUT2D eigenvalue weighted by atomic mass is 79.9. The van der Waals surface area contributed by atoms with Gasteiger partial charge in [-0.3, -0.25) is 0 Å². The number of hydrogen-bond donors (Lipinski definition) is 1. The van der Waals surface area contributed by atoms with E-state index >= 15 is 0 Å². The molecule has 0 saturated carbocycles. The van der Waals surface area contributed by atoms with Crippen LogP contribution < -0.4 is 5.32 Å². The maximum Gasteiger partial charge on any atom is 0.224 e. The van der Waals surface area contributed by atoms with Crippen LogP contribution in [0.3, 0.4) is 0 Å². The number of nitrogens with one attached hydrogen (secondary N) is 1. The summed E-state index contributed by atoms with van der Waals surface area (Å²) in [7, 11) is -2.93. The number of sulfone groups is 1. The van der Waals surface area contributed by atoms with Crippen molar-refractivity contribution < 1.29 is 8.42 Å². The van der Waals surface area contributed by atoms with Crippen molar-refractivity contribution in [2.24, 2.45) is 0 Å². The van der Waals surface area contributed by atoms with Crippen molar-refractivity contribution in [1.82, 2.24) is 9.97 Å². The smallest absolute Gasteiger partial charge is 0.224 e. The zero-order valence-electron chi connectivity index (χ0n) is 8.86. The highest BCUT2D eigenvalue weighted by Crippen LogP contribution is 2.23. The lowest BCUT2D eigenvalue weighted by Crippen LogP contribution is -2.25. The fraction of sp³-hybridized carbons (Fsp3) is 0.556. The molecule has 0 radical (unpaired) electrons. The molecule has 1 aliphatic rings. The zero-order valence-corrected chi connectivity index (χ0v) is 12.0. The van der Waals surface area contributed by atoms with E-state index in [0.717, 1.165) is 6.42 Å². The quantitative estimate of drug-likeness (QED) is 0.851. The lowest BCUT2D eigenvalue weighted by molar-refractivity contribution is 0.591. The summed E-state index contributed by atoms with van der Waals surface area (Å²) in [6.07, 6.45) is 2.97. The van der Waals surface area contributed by atoms with Crippen molar-refractivity contribution in [3.8, 4) is 0 Å². The minimum absolute atomic E-state index is 0.130. The van der Waals surface area contributed by atoms with Gasteiger partial charge in [0, 0.05) is 12.7 Å². The molecule has 1 unspecified atom stereocenters. The molecule has 1 N–H and O–H groups in total. The van der Waals surface area contributed by atoms with Crippen LogP contribution in [0.15, 0.2) is 10.7 Å². The number of hydrogen-bond acceptors (Lipinski definition) is 5. The maximum absolute atomic E-state index is 11.6. The molecule has 0 aromatic carbocycles. The Morgan fingerprint density at radius 2 is 2.35 bits per heavy atom. The molecule has 5 nitrogen and oxygen atoms in total. The van der Waals surface area contributed by atoms with Crippen LogP contribution in [0.2, 0.25) is 5.28 Å². The monoisotopic (exact) mass is 339 g/mol. The van der Waals surface area contributed by atoms with Gasteiger partial charge in [-0.2, -0.15) is 4.98 Å². The van der Waals surface area contributed by atoms with E-state index in [1.807, 2.05) is 0 Å². The third-order valence-electron chi connectivity index (χ3n) is 2.67. The lowest BCUT2D eigenvalue weighted by atomic mass is 10.2. The molecule has 17 heavy (non-hydrogen) atoms. The molecule has 2 rings (SSSR count). The van der Waals surface area contributed by atoms with Crippen LogP contribution in [0.4, 0.5) is 5.82 Å². The van der Waals surface area contributed by atoms with E-state index in [-0.39, 0.29) is 16.3 Å². The Balaban J connectivity index is 2.05. The van der Waals surface area contributed by atoms with E-state index in [9.17, 15) is 8.42 Å². The van der Waals surface area contributed by atoms with E-state index in [0.29, 0.717) is 23.3 Å². The molecular weight excluding hydrogens is 330 g/mol. The molecule has 0 amide bonds. The first-order valence-corrected chi connectivity index (χ1v) is 8.01. The largest absolute Gasteiger partial charge is 0.368 e.